The topological polar surface area (TPSA) is 83.9 Å². The van der Waals surface area contributed by atoms with E-state index < -0.39 is 0 Å². The van der Waals surface area contributed by atoms with Crippen LogP contribution in [0, 0.1) is 5.92 Å². The maximum atomic E-state index is 12.7. The molecule has 1 atom stereocenters. The van der Waals surface area contributed by atoms with Crippen LogP contribution in [-0.2, 0) is 6.42 Å². The number of likely N-dealkylation sites (tertiary alicyclic amines) is 1. The highest BCUT2D eigenvalue weighted by Gasteiger charge is 2.25. The molecule has 0 aliphatic carbocycles. The molecule has 0 radical (unpaired) electrons. The Bertz CT molecular complexity index is 918. The number of aromatic nitrogens is 4. The van der Waals surface area contributed by atoms with E-state index in [1.54, 1.807) is 18.5 Å². The number of anilines is 2. The van der Waals surface area contributed by atoms with Crippen molar-refractivity contribution in [2.24, 2.45) is 5.92 Å². The van der Waals surface area contributed by atoms with Crippen LogP contribution in [0.4, 0.5) is 11.6 Å². The quantitative estimate of drug-likeness (QED) is 0.739. The van der Waals surface area contributed by atoms with Gasteiger partial charge in [0.1, 0.15) is 11.6 Å². The zero-order chi connectivity index (χ0) is 19.2. The summed E-state index contributed by atoms with van der Waals surface area (Å²) in [6.07, 6.45) is 9.69. The molecule has 3 aromatic rings. The lowest BCUT2D eigenvalue weighted by atomic mass is 9.91. The highest BCUT2D eigenvalue weighted by atomic mass is 16.2. The number of amides is 1. The first-order valence-electron chi connectivity index (χ1n) is 9.47. The van der Waals surface area contributed by atoms with Gasteiger partial charge in [0.2, 0.25) is 0 Å². The molecule has 1 aliphatic heterocycles. The number of hydrogen-bond donors (Lipinski definition) is 1. The molecule has 1 aliphatic rings. The van der Waals surface area contributed by atoms with Gasteiger partial charge < -0.3 is 10.2 Å². The van der Waals surface area contributed by atoms with E-state index in [0.717, 1.165) is 44.0 Å². The van der Waals surface area contributed by atoms with Crippen LogP contribution in [0.15, 0.2) is 61.2 Å². The first kappa shape index (κ1) is 18.0. The van der Waals surface area contributed by atoms with Crippen LogP contribution < -0.4 is 5.32 Å². The second-order valence-corrected chi connectivity index (χ2v) is 6.98. The van der Waals surface area contributed by atoms with Gasteiger partial charge in [0.15, 0.2) is 0 Å². The summed E-state index contributed by atoms with van der Waals surface area (Å²) in [6, 6.07) is 11.5. The largest absolute Gasteiger partial charge is 0.338 e. The Morgan fingerprint density at radius 1 is 1.07 bits per heavy atom. The van der Waals surface area contributed by atoms with E-state index in [1.807, 2.05) is 35.4 Å². The van der Waals surface area contributed by atoms with E-state index in [-0.39, 0.29) is 5.91 Å². The number of nitrogens with one attached hydrogen (secondary N) is 1. The van der Waals surface area contributed by atoms with Crippen LogP contribution in [0.25, 0.3) is 0 Å². The highest BCUT2D eigenvalue weighted by Crippen LogP contribution is 2.23. The van der Waals surface area contributed by atoms with Crippen molar-refractivity contribution in [2.75, 3.05) is 18.4 Å². The normalized spacial score (nSPS) is 16.6. The number of carbonyl (C=O) groups is 1. The van der Waals surface area contributed by atoms with Crippen molar-refractivity contribution in [1.82, 2.24) is 25.1 Å². The van der Waals surface area contributed by atoms with Crippen LogP contribution in [0.3, 0.4) is 0 Å². The Morgan fingerprint density at radius 2 is 2.00 bits per heavy atom. The maximum absolute atomic E-state index is 12.7. The molecular formula is C21H22N6O. The van der Waals surface area contributed by atoms with E-state index >= 15 is 0 Å². The third-order valence-corrected chi connectivity index (χ3v) is 4.91. The Hall–Kier alpha value is -3.35. The Kier molecular flexibility index (Phi) is 5.51. The van der Waals surface area contributed by atoms with E-state index in [1.165, 1.54) is 11.8 Å². The third kappa shape index (κ3) is 4.49. The number of carbonyl (C=O) groups excluding carboxylic acids is 1. The molecule has 4 heterocycles. The van der Waals surface area contributed by atoms with E-state index in [4.69, 9.17) is 0 Å². The van der Waals surface area contributed by atoms with E-state index in [2.05, 4.69) is 31.5 Å². The first-order valence-corrected chi connectivity index (χ1v) is 9.47. The second-order valence-electron chi connectivity index (χ2n) is 6.98. The predicted molar refractivity (Wildman–Crippen MR) is 106 cm³/mol. The standard InChI is InChI=1S/C21H22N6O/c28-21(18-7-10-24-25-14-18)27-11-3-4-17(15-27)12-16-6-9-23-20(13-16)26-19-5-1-2-8-22-19/h1-2,5-10,13-14,17H,3-4,11-12,15H2,(H,22,23,26)/t17-/m0/s1. The number of hydrogen-bond acceptors (Lipinski definition) is 6. The molecule has 3 aromatic heterocycles. The lowest BCUT2D eigenvalue weighted by Crippen LogP contribution is -2.40. The second kappa shape index (κ2) is 8.56. The van der Waals surface area contributed by atoms with Crippen molar-refractivity contribution >= 4 is 17.5 Å². The number of nitrogens with zero attached hydrogens (tertiary/aromatic N) is 5. The summed E-state index contributed by atoms with van der Waals surface area (Å²) in [6.45, 7) is 1.55. The summed E-state index contributed by atoms with van der Waals surface area (Å²) in [5.74, 6) is 2.01. The van der Waals surface area contributed by atoms with Crippen LogP contribution in [0.2, 0.25) is 0 Å². The van der Waals surface area contributed by atoms with Gasteiger partial charge in [-0.1, -0.05) is 6.07 Å². The molecule has 1 amide bonds. The molecular weight excluding hydrogens is 352 g/mol. The average molecular weight is 374 g/mol. The molecule has 142 valence electrons. The predicted octanol–water partition coefficient (Wildman–Crippen LogP) is 3.11. The fraction of sp³-hybridized carbons (Fsp3) is 0.286. The van der Waals surface area contributed by atoms with Gasteiger partial charge in [0.05, 0.1) is 18.0 Å². The minimum absolute atomic E-state index is 0.0341. The van der Waals surface area contributed by atoms with Gasteiger partial charge in [-0.15, -0.1) is 0 Å². The van der Waals surface area contributed by atoms with Crippen molar-refractivity contribution in [3.8, 4) is 0 Å². The van der Waals surface area contributed by atoms with Gasteiger partial charge in [-0.25, -0.2) is 9.97 Å². The molecule has 7 nitrogen and oxygen atoms in total. The summed E-state index contributed by atoms with van der Waals surface area (Å²) in [7, 11) is 0. The molecule has 28 heavy (non-hydrogen) atoms. The fourth-order valence-corrected chi connectivity index (χ4v) is 3.59. The first-order chi connectivity index (χ1) is 13.8. The molecule has 1 saturated heterocycles. The molecule has 0 aromatic carbocycles. The fourth-order valence-electron chi connectivity index (χ4n) is 3.59. The van der Waals surface area contributed by atoms with E-state index in [9.17, 15) is 4.79 Å². The maximum Gasteiger partial charge on any atom is 0.255 e. The zero-order valence-corrected chi connectivity index (χ0v) is 15.5. The molecule has 1 N–H and O–H groups in total. The van der Waals surface area contributed by atoms with Crippen LogP contribution in [0.5, 0.6) is 0 Å². The lowest BCUT2D eigenvalue weighted by Gasteiger charge is -2.33. The summed E-state index contributed by atoms with van der Waals surface area (Å²) >= 11 is 0. The van der Waals surface area contributed by atoms with Crippen molar-refractivity contribution in [3.63, 3.8) is 0 Å². The summed E-state index contributed by atoms with van der Waals surface area (Å²) in [5.41, 5.74) is 1.81. The SMILES string of the molecule is O=C(c1ccnnc1)N1CCC[C@@H](Cc2ccnc(Nc3ccccn3)c2)C1. The van der Waals surface area contributed by atoms with Gasteiger partial charge in [0, 0.05) is 25.5 Å². The molecule has 1 fully saturated rings. The van der Waals surface area contributed by atoms with Crippen LogP contribution >= 0.6 is 0 Å². The third-order valence-electron chi connectivity index (χ3n) is 4.91. The number of rotatable bonds is 5. The van der Waals surface area contributed by atoms with Gasteiger partial charge in [-0.3, -0.25) is 4.79 Å². The summed E-state index contributed by atoms with van der Waals surface area (Å²) in [4.78, 5) is 23.3. The smallest absolute Gasteiger partial charge is 0.255 e. The van der Waals surface area contributed by atoms with Gasteiger partial charge >= 0.3 is 0 Å². The molecule has 0 spiro atoms. The Labute approximate surface area is 163 Å². The average Bonchev–Trinajstić information content (AvgIpc) is 2.75. The molecule has 0 bridgehead atoms. The Balaban J connectivity index is 1.40. The summed E-state index contributed by atoms with van der Waals surface area (Å²) in [5, 5.41) is 10.8. The molecule has 4 rings (SSSR count). The van der Waals surface area contributed by atoms with Gasteiger partial charge in [-0.05, 0) is 61.1 Å². The van der Waals surface area contributed by atoms with Crippen LogP contribution in [0.1, 0.15) is 28.8 Å². The van der Waals surface area contributed by atoms with Crippen molar-refractivity contribution in [2.45, 2.75) is 19.3 Å². The minimum atomic E-state index is 0.0341. The van der Waals surface area contributed by atoms with Crippen molar-refractivity contribution in [3.05, 3.63) is 72.3 Å². The minimum Gasteiger partial charge on any atom is -0.338 e. The highest BCUT2D eigenvalue weighted by molar-refractivity contribution is 5.93. The van der Waals surface area contributed by atoms with Gasteiger partial charge in [-0.2, -0.15) is 10.2 Å². The molecule has 0 saturated carbocycles. The van der Waals surface area contributed by atoms with Crippen molar-refractivity contribution in [1.29, 1.82) is 0 Å². The zero-order valence-electron chi connectivity index (χ0n) is 15.5. The monoisotopic (exact) mass is 374 g/mol. The van der Waals surface area contributed by atoms with Crippen LogP contribution in [-0.4, -0.2) is 44.1 Å². The Morgan fingerprint density at radius 3 is 2.82 bits per heavy atom. The van der Waals surface area contributed by atoms with Crippen molar-refractivity contribution < 1.29 is 4.79 Å². The molecule has 7 heteroatoms. The number of pyridine rings is 2. The van der Waals surface area contributed by atoms with Gasteiger partial charge in [0.25, 0.3) is 5.91 Å². The molecule has 0 unspecified atom stereocenters. The number of piperidine rings is 1. The lowest BCUT2D eigenvalue weighted by molar-refractivity contribution is 0.0672. The summed E-state index contributed by atoms with van der Waals surface area (Å²) < 4.78 is 0. The van der Waals surface area contributed by atoms with E-state index in [0.29, 0.717) is 11.5 Å².